The van der Waals surface area contributed by atoms with Gasteiger partial charge in [-0.2, -0.15) is 0 Å². The molecular formula is C18H18NO2PS. The summed E-state index contributed by atoms with van der Waals surface area (Å²) in [5.41, 5.74) is 2.09. The standard InChI is InChI=1S/C18H18NO2PS/c20-12-11-19-22(21)13-17(15-7-3-1-4-8-15)23-18(14-22)16-9-5-2-6-10-16/h1-10,13-14,20H,11-12H2,(H,19,21). The van der Waals surface area contributed by atoms with Gasteiger partial charge in [0, 0.05) is 28.0 Å². The summed E-state index contributed by atoms with van der Waals surface area (Å²) in [5.74, 6) is 3.60. The van der Waals surface area contributed by atoms with Gasteiger partial charge in [-0.1, -0.05) is 72.4 Å². The molecule has 0 saturated carbocycles. The molecule has 0 bridgehead atoms. The molecule has 0 spiro atoms. The van der Waals surface area contributed by atoms with Gasteiger partial charge in [0.1, 0.15) is 0 Å². The highest BCUT2D eigenvalue weighted by Crippen LogP contribution is 2.58. The molecule has 1 heterocycles. The van der Waals surface area contributed by atoms with Gasteiger partial charge in [0.2, 0.25) is 0 Å². The third kappa shape index (κ3) is 4.04. The molecule has 0 fully saturated rings. The van der Waals surface area contributed by atoms with Gasteiger partial charge in [0.15, 0.2) is 7.29 Å². The predicted octanol–water partition coefficient (Wildman–Crippen LogP) is 4.59. The minimum absolute atomic E-state index is 0.0415. The van der Waals surface area contributed by atoms with E-state index in [9.17, 15) is 4.57 Å². The summed E-state index contributed by atoms with van der Waals surface area (Å²) in [5, 5.41) is 12.0. The fourth-order valence-electron chi connectivity index (χ4n) is 2.34. The maximum atomic E-state index is 13.2. The number of nitrogens with one attached hydrogen (secondary N) is 1. The smallest absolute Gasteiger partial charge is 0.193 e. The molecule has 0 atom stereocenters. The van der Waals surface area contributed by atoms with Crippen LogP contribution in [0.2, 0.25) is 0 Å². The average molecular weight is 343 g/mol. The molecule has 0 amide bonds. The van der Waals surface area contributed by atoms with E-state index in [1.807, 2.05) is 60.7 Å². The normalized spacial score (nSPS) is 16.6. The maximum Gasteiger partial charge on any atom is 0.193 e. The zero-order valence-electron chi connectivity index (χ0n) is 12.6. The van der Waals surface area contributed by atoms with E-state index in [4.69, 9.17) is 5.11 Å². The fraction of sp³-hybridized carbons (Fsp3) is 0.111. The van der Waals surface area contributed by atoms with Crippen molar-refractivity contribution in [3.05, 3.63) is 83.4 Å². The van der Waals surface area contributed by atoms with E-state index in [0.717, 1.165) is 20.9 Å². The molecule has 0 unspecified atom stereocenters. The second-order valence-electron chi connectivity index (χ2n) is 5.16. The first kappa shape index (κ1) is 16.3. The summed E-state index contributed by atoms with van der Waals surface area (Å²) >= 11 is 1.62. The van der Waals surface area contributed by atoms with Crippen LogP contribution in [0, 0.1) is 0 Å². The van der Waals surface area contributed by atoms with Crippen molar-refractivity contribution in [2.24, 2.45) is 0 Å². The lowest BCUT2D eigenvalue weighted by atomic mass is 10.2. The minimum Gasteiger partial charge on any atom is -0.395 e. The van der Waals surface area contributed by atoms with Gasteiger partial charge in [-0.05, 0) is 11.1 Å². The Balaban J connectivity index is 2.01. The quantitative estimate of drug-likeness (QED) is 0.780. The lowest BCUT2D eigenvalue weighted by Crippen LogP contribution is -2.14. The van der Waals surface area contributed by atoms with Crippen molar-refractivity contribution in [1.29, 1.82) is 0 Å². The van der Waals surface area contributed by atoms with E-state index in [1.165, 1.54) is 0 Å². The Kier molecular flexibility index (Phi) is 5.19. The van der Waals surface area contributed by atoms with Crippen LogP contribution in [0.4, 0.5) is 0 Å². The molecule has 0 saturated heterocycles. The summed E-state index contributed by atoms with van der Waals surface area (Å²) in [6.07, 6.45) is 0. The molecule has 23 heavy (non-hydrogen) atoms. The van der Waals surface area contributed by atoms with Gasteiger partial charge < -0.3 is 5.11 Å². The molecule has 0 aliphatic carbocycles. The molecule has 5 heteroatoms. The van der Waals surface area contributed by atoms with Crippen LogP contribution in [0.1, 0.15) is 11.1 Å². The fourth-order valence-corrected chi connectivity index (χ4v) is 6.15. The van der Waals surface area contributed by atoms with Crippen molar-refractivity contribution in [2.45, 2.75) is 0 Å². The molecule has 0 radical (unpaired) electrons. The van der Waals surface area contributed by atoms with Crippen molar-refractivity contribution in [3.8, 4) is 0 Å². The number of rotatable bonds is 5. The first-order valence-corrected chi connectivity index (χ1v) is 10.1. The lowest BCUT2D eigenvalue weighted by Gasteiger charge is -2.22. The highest BCUT2D eigenvalue weighted by atomic mass is 32.2. The Bertz CT molecular complexity index is 713. The highest BCUT2D eigenvalue weighted by Gasteiger charge is 2.25. The van der Waals surface area contributed by atoms with Gasteiger partial charge in [0.25, 0.3) is 0 Å². The van der Waals surface area contributed by atoms with Crippen LogP contribution in [0.15, 0.2) is 72.3 Å². The SMILES string of the molecule is O=P1(NCCO)C=C(c2ccccc2)SC(c2ccccc2)=C1. The monoisotopic (exact) mass is 343 g/mol. The first-order valence-electron chi connectivity index (χ1n) is 7.40. The number of hydrogen-bond donors (Lipinski definition) is 2. The molecule has 2 aromatic rings. The summed E-state index contributed by atoms with van der Waals surface area (Å²) < 4.78 is 13.2. The summed E-state index contributed by atoms with van der Waals surface area (Å²) in [7, 11) is -2.83. The first-order chi connectivity index (χ1) is 11.2. The van der Waals surface area contributed by atoms with Crippen LogP contribution < -0.4 is 5.09 Å². The van der Waals surface area contributed by atoms with Gasteiger partial charge >= 0.3 is 0 Å². The highest BCUT2D eigenvalue weighted by molar-refractivity contribution is 8.17. The van der Waals surface area contributed by atoms with Crippen molar-refractivity contribution >= 4 is 28.9 Å². The maximum absolute atomic E-state index is 13.2. The third-order valence-electron chi connectivity index (χ3n) is 3.43. The van der Waals surface area contributed by atoms with E-state index in [-0.39, 0.29) is 6.61 Å². The number of aliphatic hydroxyl groups is 1. The van der Waals surface area contributed by atoms with Gasteiger partial charge in [-0.3, -0.25) is 9.65 Å². The number of thioether (sulfide) groups is 1. The number of hydrogen-bond acceptors (Lipinski definition) is 3. The Labute approximate surface area is 140 Å². The molecular weight excluding hydrogens is 325 g/mol. The molecule has 3 rings (SSSR count). The van der Waals surface area contributed by atoms with Crippen molar-refractivity contribution < 1.29 is 9.67 Å². The molecule has 1 aliphatic rings. The Morgan fingerprint density at radius 2 is 1.35 bits per heavy atom. The molecule has 2 aromatic carbocycles. The average Bonchev–Trinajstić information content (AvgIpc) is 2.61. The van der Waals surface area contributed by atoms with E-state index in [0.29, 0.717) is 6.54 Å². The Hall–Kier alpha value is -1.58. The van der Waals surface area contributed by atoms with Crippen molar-refractivity contribution in [2.75, 3.05) is 13.2 Å². The van der Waals surface area contributed by atoms with Crippen LogP contribution in [-0.2, 0) is 4.57 Å². The van der Waals surface area contributed by atoms with Crippen LogP contribution in [0.25, 0.3) is 9.81 Å². The lowest BCUT2D eigenvalue weighted by molar-refractivity contribution is 0.301. The van der Waals surface area contributed by atoms with Crippen LogP contribution in [-0.4, -0.2) is 18.3 Å². The van der Waals surface area contributed by atoms with E-state index < -0.39 is 7.29 Å². The second kappa shape index (κ2) is 7.33. The van der Waals surface area contributed by atoms with Gasteiger partial charge in [0.05, 0.1) is 6.61 Å². The largest absolute Gasteiger partial charge is 0.395 e. The van der Waals surface area contributed by atoms with E-state index in [1.54, 1.807) is 23.4 Å². The zero-order chi connectivity index (χ0) is 16.1. The van der Waals surface area contributed by atoms with E-state index >= 15 is 0 Å². The molecule has 2 N–H and O–H groups in total. The van der Waals surface area contributed by atoms with Crippen LogP contribution in [0.3, 0.4) is 0 Å². The van der Waals surface area contributed by atoms with E-state index in [2.05, 4.69) is 5.09 Å². The topological polar surface area (TPSA) is 49.3 Å². The zero-order valence-corrected chi connectivity index (χ0v) is 14.3. The summed E-state index contributed by atoms with van der Waals surface area (Å²) in [6, 6.07) is 19.9. The predicted molar refractivity (Wildman–Crippen MR) is 99.1 cm³/mol. The third-order valence-corrected chi connectivity index (χ3v) is 6.92. The Morgan fingerprint density at radius 1 is 0.870 bits per heavy atom. The van der Waals surface area contributed by atoms with Crippen LogP contribution >= 0.6 is 19.1 Å². The van der Waals surface area contributed by atoms with Gasteiger partial charge in [-0.25, -0.2) is 0 Å². The minimum atomic E-state index is -2.83. The Morgan fingerprint density at radius 3 is 1.78 bits per heavy atom. The number of aliphatic hydroxyl groups excluding tert-OH is 1. The molecule has 3 nitrogen and oxygen atoms in total. The molecule has 118 valence electrons. The summed E-state index contributed by atoms with van der Waals surface area (Å²) in [6.45, 7) is 0.263. The van der Waals surface area contributed by atoms with Crippen molar-refractivity contribution in [1.82, 2.24) is 5.09 Å². The van der Waals surface area contributed by atoms with Crippen molar-refractivity contribution in [3.63, 3.8) is 0 Å². The molecule has 1 aliphatic heterocycles. The molecule has 0 aromatic heterocycles. The van der Waals surface area contributed by atoms with Gasteiger partial charge in [-0.15, -0.1) is 0 Å². The van der Waals surface area contributed by atoms with Crippen LogP contribution in [0.5, 0.6) is 0 Å². The summed E-state index contributed by atoms with van der Waals surface area (Å²) in [4.78, 5) is 1.95. The second-order valence-corrected chi connectivity index (χ2v) is 8.50. The number of benzene rings is 2.